The molecule has 3 aromatic rings. The third kappa shape index (κ3) is 2.23. The van der Waals surface area contributed by atoms with Crippen LogP contribution in [-0.4, -0.2) is 10.1 Å². The predicted molar refractivity (Wildman–Crippen MR) is 73.8 cm³/mol. The van der Waals surface area contributed by atoms with Crippen LogP contribution in [0.25, 0.3) is 10.9 Å². The highest BCUT2D eigenvalue weighted by Gasteiger charge is 2.16. The van der Waals surface area contributed by atoms with Crippen molar-refractivity contribution in [2.24, 2.45) is 0 Å². The number of rotatable bonds is 2. The summed E-state index contributed by atoms with van der Waals surface area (Å²) in [6.07, 6.45) is 0.791. The quantitative estimate of drug-likeness (QED) is 0.727. The SMILES string of the molecule is OC(c1ccc2[nH]ccc2c1)c1cc(Cl)ccc1F. The maximum absolute atomic E-state index is 13.7. The van der Waals surface area contributed by atoms with Gasteiger partial charge >= 0.3 is 0 Å². The lowest BCUT2D eigenvalue weighted by Gasteiger charge is -2.13. The zero-order valence-electron chi connectivity index (χ0n) is 9.90. The van der Waals surface area contributed by atoms with Crippen LogP contribution in [0.3, 0.4) is 0 Å². The Hall–Kier alpha value is -1.84. The van der Waals surface area contributed by atoms with E-state index >= 15 is 0 Å². The number of halogens is 2. The van der Waals surface area contributed by atoms with Crippen molar-refractivity contribution in [1.82, 2.24) is 4.98 Å². The number of hydrogen-bond acceptors (Lipinski definition) is 1. The van der Waals surface area contributed by atoms with Crippen LogP contribution in [0.4, 0.5) is 4.39 Å². The molecule has 0 aliphatic heterocycles. The van der Waals surface area contributed by atoms with Crippen LogP contribution in [-0.2, 0) is 0 Å². The molecule has 2 nitrogen and oxygen atoms in total. The fourth-order valence-electron chi connectivity index (χ4n) is 2.15. The van der Waals surface area contributed by atoms with Gasteiger partial charge in [0.05, 0.1) is 0 Å². The summed E-state index contributed by atoms with van der Waals surface area (Å²) in [7, 11) is 0. The largest absolute Gasteiger partial charge is 0.384 e. The third-order valence-electron chi connectivity index (χ3n) is 3.15. The molecule has 4 heteroatoms. The maximum atomic E-state index is 13.7. The minimum Gasteiger partial charge on any atom is -0.384 e. The summed E-state index contributed by atoms with van der Waals surface area (Å²) in [5.74, 6) is -0.467. The van der Waals surface area contributed by atoms with Crippen molar-refractivity contribution in [1.29, 1.82) is 0 Å². The third-order valence-corrected chi connectivity index (χ3v) is 3.38. The van der Waals surface area contributed by atoms with Crippen LogP contribution in [0.5, 0.6) is 0 Å². The second kappa shape index (κ2) is 4.68. The summed E-state index contributed by atoms with van der Waals surface area (Å²) in [4.78, 5) is 3.07. The van der Waals surface area contributed by atoms with Crippen LogP contribution in [0.15, 0.2) is 48.7 Å². The van der Waals surface area contributed by atoms with Gasteiger partial charge in [0.2, 0.25) is 0 Å². The van der Waals surface area contributed by atoms with Crippen molar-refractivity contribution >= 4 is 22.5 Å². The lowest BCUT2D eigenvalue weighted by molar-refractivity contribution is 0.215. The standard InChI is InChI=1S/C15H11ClFNO/c16-11-2-3-13(17)12(8-11)15(19)10-1-4-14-9(7-10)5-6-18-14/h1-8,15,18-19H. The summed E-state index contributed by atoms with van der Waals surface area (Å²) in [5.41, 5.74) is 1.79. The normalized spacial score (nSPS) is 12.8. The van der Waals surface area contributed by atoms with E-state index in [9.17, 15) is 9.50 Å². The van der Waals surface area contributed by atoms with Crippen molar-refractivity contribution < 1.29 is 9.50 Å². The molecule has 2 aromatic carbocycles. The van der Waals surface area contributed by atoms with Gasteiger partial charge in [-0.15, -0.1) is 0 Å². The molecule has 1 unspecified atom stereocenters. The molecule has 2 N–H and O–H groups in total. The van der Waals surface area contributed by atoms with Crippen LogP contribution >= 0.6 is 11.6 Å². The Kier molecular flexibility index (Phi) is 3.01. The van der Waals surface area contributed by atoms with Crippen molar-refractivity contribution in [3.05, 3.63) is 70.6 Å². The number of nitrogens with one attached hydrogen (secondary N) is 1. The number of fused-ring (bicyclic) bond motifs is 1. The maximum Gasteiger partial charge on any atom is 0.129 e. The lowest BCUT2D eigenvalue weighted by atomic mass is 10.00. The number of aromatic nitrogens is 1. The Morgan fingerprint density at radius 3 is 2.79 bits per heavy atom. The Bertz CT molecular complexity index is 738. The number of hydrogen-bond donors (Lipinski definition) is 2. The van der Waals surface area contributed by atoms with E-state index in [1.165, 1.54) is 18.2 Å². The number of H-pyrrole nitrogens is 1. The van der Waals surface area contributed by atoms with Crippen LogP contribution in [0.1, 0.15) is 17.2 Å². The van der Waals surface area contributed by atoms with E-state index in [0.717, 1.165) is 10.9 Å². The fraction of sp³-hybridized carbons (Fsp3) is 0.0667. The first-order chi connectivity index (χ1) is 9.15. The highest BCUT2D eigenvalue weighted by atomic mass is 35.5. The van der Waals surface area contributed by atoms with Gasteiger partial charge in [-0.2, -0.15) is 0 Å². The smallest absolute Gasteiger partial charge is 0.129 e. The summed E-state index contributed by atoms with van der Waals surface area (Å²) in [5, 5.41) is 11.7. The van der Waals surface area contributed by atoms with Crippen LogP contribution < -0.4 is 0 Å². The van der Waals surface area contributed by atoms with Gasteiger partial charge in [0.1, 0.15) is 11.9 Å². The topological polar surface area (TPSA) is 36.0 Å². The molecule has 1 aromatic heterocycles. The van der Waals surface area contributed by atoms with Gasteiger partial charge in [-0.1, -0.05) is 17.7 Å². The van der Waals surface area contributed by atoms with E-state index in [0.29, 0.717) is 10.6 Å². The summed E-state index contributed by atoms with van der Waals surface area (Å²) in [6, 6.07) is 11.5. The highest BCUT2D eigenvalue weighted by molar-refractivity contribution is 6.30. The average Bonchev–Trinajstić information content (AvgIpc) is 2.88. The van der Waals surface area contributed by atoms with Crippen molar-refractivity contribution in [3.8, 4) is 0 Å². The fourth-order valence-corrected chi connectivity index (χ4v) is 2.33. The van der Waals surface area contributed by atoms with Crippen molar-refractivity contribution in [2.45, 2.75) is 6.10 Å². The number of aliphatic hydroxyl groups excluding tert-OH is 1. The lowest BCUT2D eigenvalue weighted by Crippen LogP contribution is -2.02. The van der Waals surface area contributed by atoms with Gasteiger partial charge in [-0.3, -0.25) is 0 Å². The van der Waals surface area contributed by atoms with Crippen molar-refractivity contribution in [3.63, 3.8) is 0 Å². The van der Waals surface area contributed by atoms with E-state index in [1.807, 2.05) is 24.4 Å². The molecular weight excluding hydrogens is 265 g/mol. The molecule has 1 atom stereocenters. The number of aliphatic hydroxyl groups is 1. The van der Waals surface area contributed by atoms with Gasteiger partial charge in [0.25, 0.3) is 0 Å². The average molecular weight is 276 g/mol. The first kappa shape index (κ1) is 12.2. The van der Waals surface area contributed by atoms with E-state index in [-0.39, 0.29) is 5.56 Å². The Morgan fingerprint density at radius 1 is 1.11 bits per heavy atom. The van der Waals surface area contributed by atoms with E-state index in [4.69, 9.17) is 11.6 Å². The summed E-state index contributed by atoms with van der Waals surface area (Å²) in [6.45, 7) is 0. The van der Waals surface area contributed by atoms with Crippen molar-refractivity contribution in [2.75, 3.05) is 0 Å². The number of aromatic amines is 1. The highest BCUT2D eigenvalue weighted by Crippen LogP contribution is 2.28. The minimum absolute atomic E-state index is 0.183. The molecule has 96 valence electrons. The molecule has 19 heavy (non-hydrogen) atoms. The Labute approximate surface area is 114 Å². The molecule has 0 radical (unpaired) electrons. The molecule has 0 fully saturated rings. The zero-order chi connectivity index (χ0) is 13.4. The minimum atomic E-state index is -1.03. The van der Waals surface area contributed by atoms with Gasteiger partial charge in [-0.25, -0.2) is 4.39 Å². The van der Waals surface area contributed by atoms with E-state index in [2.05, 4.69) is 4.98 Å². The number of benzene rings is 2. The molecule has 0 spiro atoms. The monoisotopic (exact) mass is 275 g/mol. The van der Waals surface area contributed by atoms with Crippen LogP contribution in [0, 0.1) is 5.82 Å². The zero-order valence-corrected chi connectivity index (χ0v) is 10.7. The molecule has 1 heterocycles. The molecule has 0 aliphatic carbocycles. The van der Waals surface area contributed by atoms with Gasteiger partial charge in [-0.05, 0) is 47.3 Å². The van der Waals surface area contributed by atoms with E-state index in [1.54, 1.807) is 6.07 Å². The predicted octanol–water partition coefficient (Wildman–Crippen LogP) is 4.04. The first-order valence-corrected chi connectivity index (χ1v) is 6.23. The summed E-state index contributed by atoms with van der Waals surface area (Å²) >= 11 is 5.84. The molecule has 3 rings (SSSR count). The summed E-state index contributed by atoms with van der Waals surface area (Å²) < 4.78 is 13.7. The second-order valence-electron chi connectivity index (χ2n) is 4.39. The van der Waals surface area contributed by atoms with Gasteiger partial charge < -0.3 is 10.1 Å². The Morgan fingerprint density at radius 2 is 1.95 bits per heavy atom. The van der Waals surface area contributed by atoms with Gasteiger partial charge in [0, 0.05) is 22.3 Å². The molecular formula is C15H11ClFNO. The molecule has 0 aliphatic rings. The second-order valence-corrected chi connectivity index (χ2v) is 4.83. The molecule has 0 bridgehead atoms. The molecule has 0 saturated carbocycles. The molecule has 0 amide bonds. The molecule has 0 saturated heterocycles. The van der Waals surface area contributed by atoms with Crippen LogP contribution in [0.2, 0.25) is 5.02 Å². The van der Waals surface area contributed by atoms with Gasteiger partial charge in [0.15, 0.2) is 0 Å². The Balaban J connectivity index is 2.07. The van der Waals surface area contributed by atoms with E-state index < -0.39 is 11.9 Å². The first-order valence-electron chi connectivity index (χ1n) is 5.85.